The summed E-state index contributed by atoms with van der Waals surface area (Å²) >= 11 is 0. The Morgan fingerprint density at radius 3 is 2.52 bits per heavy atom. The largest absolute Gasteiger partial charge is 0.494 e. The summed E-state index contributed by atoms with van der Waals surface area (Å²) in [5.41, 5.74) is 1.97. The van der Waals surface area contributed by atoms with Crippen molar-refractivity contribution in [3.63, 3.8) is 0 Å². The summed E-state index contributed by atoms with van der Waals surface area (Å²) in [5.74, 6) is -0.233. The molecule has 1 N–H and O–H groups in total. The molecule has 4 heteroatoms. The number of fused-ring (bicyclic) bond motifs is 1. The highest BCUT2D eigenvalue weighted by Gasteiger charge is 2.12. The second kappa shape index (κ2) is 5.25. The number of amides is 1. The highest BCUT2D eigenvalue weighted by molar-refractivity contribution is 6.08. The standard InChI is InChI=1S/C17H14N2O2/c1-19-15-10-6-5-9-13(15)14(17(19)21)11-18-16(20)12-7-3-2-4-8-12/h2-11,21H,1H3. The van der Waals surface area contributed by atoms with Crippen LogP contribution >= 0.6 is 0 Å². The molecule has 0 fully saturated rings. The van der Waals surface area contributed by atoms with Crippen molar-refractivity contribution >= 4 is 23.0 Å². The van der Waals surface area contributed by atoms with Crippen molar-refractivity contribution in [1.29, 1.82) is 0 Å². The molecule has 3 rings (SSSR count). The van der Waals surface area contributed by atoms with Gasteiger partial charge in [0.2, 0.25) is 5.88 Å². The predicted octanol–water partition coefficient (Wildman–Crippen LogP) is 3.14. The predicted molar refractivity (Wildman–Crippen MR) is 83.0 cm³/mol. The monoisotopic (exact) mass is 278 g/mol. The molecule has 104 valence electrons. The third kappa shape index (κ3) is 2.31. The molecule has 2 aromatic carbocycles. The zero-order valence-electron chi connectivity index (χ0n) is 11.5. The molecular weight excluding hydrogens is 264 g/mol. The SMILES string of the molecule is Cn1c(O)c(C=NC(=O)c2ccccc2)c2ccccc21. The molecule has 0 unspecified atom stereocenters. The first kappa shape index (κ1) is 13.1. The first-order valence-corrected chi connectivity index (χ1v) is 6.58. The van der Waals surface area contributed by atoms with Crippen molar-refractivity contribution in [2.24, 2.45) is 12.0 Å². The molecular formula is C17H14N2O2. The molecule has 1 aromatic heterocycles. The first-order valence-electron chi connectivity index (χ1n) is 6.58. The molecule has 0 bridgehead atoms. The van der Waals surface area contributed by atoms with Crippen LogP contribution in [0.1, 0.15) is 15.9 Å². The molecule has 0 saturated carbocycles. The normalized spacial score (nSPS) is 11.3. The van der Waals surface area contributed by atoms with E-state index in [-0.39, 0.29) is 11.8 Å². The second-order valence-corrected chi connectivity index (χ2v) is 4.74. The van der Waals surface area contributed by atoms with Crippen LogP contribution in [-0.2, 0) is 7.05 Å². The highest BCUT2D eigenvalue weighted by atomic mass is 16.3. The first-order chi connectivity index (χ1) is 10.2. The Kier molecular flexibility index (Phi) is 3.28. The van der Waals surface area contributed by atoms with Crippen LogP contribution in [0.5, 0.6) is 5.88 Å². The Morgan fingerprint density at radius 1 is 1.10 bits per heavy atom. The Labute approximate surface area is 122 Å². The average molecular weight is 278 g/mol. The van der Waals surface area contributed by atoms with Crippen molar-refractivity contribution in [1.82, 2.24) is 4.57 Å². The zero-order chi connectivity index (χ0) is 14.8. The van der Waals surface area contributed by atoms with E-state index in [1.165, 1.54) is 6.21 Å². The third-order valence-corrected chi connectivity index (χ3v) is 3.45. The van der Waals surface area contributed by atoms with Gasteiger partial charge in [0.15, 0.2) is 0 Å². The van der Waals surface area contributed by atoms with E-state index in [0.29, 0.717) is 11.1 Å². The Balaban J connectivity index is 2.01. The topological polar surface area (TPSA) is 54.6 Å². The maximum atomic E-state index is 12.0. The minimum Gasteiger partial charge on any atom is -0.494 e. The van der Waals surface area contributed by atoms with Crippen LogP contribution in [0.25, 0.3) is 10.9 Å². The summed E-state index contributed by atoms with van der Waals surface area (Å²) in [7, 11) is 1.77. The number of rotatable bonds is 2. The van der Waals surface area contributed by atoms with Crippen LogP contribution < -0.4 is 0 Å². The number of aromatic nitrogens is 1. The lowest BCUT2D eigenvalue weighted by Crippen LogP contribution is -1.95. The fourth-order valence-corrected chi connectivity index (χ4v) is 2.31. The lowest BCUT2D eigenvalue weighted by molar-refractivity contribution is 0.100. The van der Waals surface area contributed by atoms with E-state index >= 15 is 0 Å². The van der Waals surface area contributed by atoms with Crippen LogP contribution in [0.2, 0.25) is 0 Å². The van der Waals surface area contributed by atoms with Gasteiger partial charge in [-0.2, -0.15) is 0 Å². The maximum absolute atomic E-state index is 12.0. The number of hydrogen-bond acceptors (Lipinski definition) is 2. The Hall–Kier alpha value is -2.88. The number of benzene rings is 2. The van der Waals surface area contributed by atoms with Crippen molar-refractivity contribution < 1.29 is 9.90 Å². The van der Waals surface area contributed by atoms with E-state index in [2.05, 4.69) is 4.99 Å². The Bertz CT molecular complexity index is 833. The number of hydrogen-bond donors (Lipinski definition) is 1. The van der Waals surface area contributed by atoms with Gasteiger partial charge < -0.3 is 9.67 Å². The van der Waals surface area contributed by atoms with Gasteiger partial charge in [-0.05, 0) is 18.2 Å². The molecule has 0 aliphatic carbocycles. The van der Waals surface area contributed by atoms with Gasteiger partial charge in [-0.15, -0.1) is 0 Å². The lowest BCUT2D eigenvalue weighted by Gasteiger charge is -1.96. The molecule has 21 heavy (non-hydrogen) atoms. The number of para-hydroxylation sites is 1. The third-order valence-electron chi connectivity index (χ3n) is 3.45. The van der Waals surface area contributed by atoms with Crippen molar-refractivity contribution in [2.45, 2.75) is 0 Å². The molecule has 1 amide bonds. The second-order valence-electron chi connectivity index (χ2n) is 4.74. The summed E-state index contributed by atoms with van der Waals surface area (Å²) in [6.45, 7) is 0. The molecule has 4 nitrogen and oxygen atoms in total. The summed E-state index contributed by atoms with van der Waals surface area (Å²) in [6.07, 6.45) is 1.42. The number of aliphatic imine (C=N–C) groups is 1. The zero-order valence-corrected chi connectivity index (χ0v) is 11.5. The van der Waals surface area contributed by atoms with Gasteiger partial charge in [0.25, 0.3) is 5.91 Å². The Morgan fingerprint density at radius 2 is 1.76 bits per heavy atom. The number of aryl methyl sites for hydroxylation is 1. The minimum atomic E-state index is -0.331. The van der Waals surface area contributed by atoms with E-state index < -0.39 is 0 Å². The van der Waals surface area contributed by atoms with Crippen molar-refractivity contribution in [2.75, 3.05) is 0 Å². The molecule has 0 aliphatic rings. The number of nitrogens with zero attached hydrogens (tertiary/aromatic N) is 2. The van der Waals surface area contributed by atoms with Crippen LogP contribution in [0, 0.1) is 0 Å². The number of carbonyl (C=O) groups is 1. The van der Waals surface area contributed by atoms with Gasteiger partial charge in [-0.3, -0.25) is 4.79 Å². The lowest BCUT2D eigenvalue weighted by atomic mass is 10.2. The van der Waals surface area contributed by atoms with E-state index in [0.717, 1.165) is 10.9 Å². The van der Waals surface area contributed by atoms with Gasteiger partial charge in [-0.25, -0.2) is 4.99 Å². The average Bonchev–Trinajstić information content (AvgIpc) is 2.78. The van der Waals surface area contributed by atoms with E-state index in [9.17, 15) is 9.90 Å². The maximum Gasteiger partial charge on any atom is 0.276 e. The van der Waals surface area contributed by atoms with Gasteiger partial charge in [0.05, 0.1) is 11.1 Å². The van der Waals surface area contributed by atoms with Crippen LogP contribution in [0.4, 0.5) is 0 Å². The van der Waals surface area contributed by atoms with E-state index in [1.807, 2.05) is 30.3 Å². The molecule has 0 radical (unpaired) electrons. The quantitative estimate of drug-likeness (QED) is 0.732. The van der Waals surface area contributed by atoms with Gasteiger partial charge in [0, 0.05) is 24.2 Å². The van der Waals surface area contributed by atoms with Gasteiger partial charge >= 0.3 is 0 Å². The number of carbonyl (C=O) groups excluding carboxylic acids is 1. The molecule has 3 aromatic rings. The van der Waals surface area contributed by atoms with Crippen LogP contribution in [0.3, 0.4) is 0 Å². The summed E-state index contributed by atoms with van der Waals surface area (Å²) in [5, 5.41) is 11.0. The summed E-state index contributed by atoms with van der Waals surface area (Å²) in [4.78, 5) is 15.9. The molecule has 0 spiro atoms. The highest BCUT2D eigenvalue weighted by Crippen LogP contribution is 2.28. The smallest absolute Gasteiger partial charge is 0.276 e. The van der Waals surface area contributed by atoms with Crippen molar-refractivity contribution in [3.05, 3.63) is 65.7 Å². The minimum absolute atomic E-state index is 0.0980. The molecule has 0 aliphatic heterocycles. The molecule has 1 heterocycles. The molecule has 0 atom stereocenters. The van der Waals surface area contributed by atoms with Crippen molar-refractivity contribution in [3.8, 4) is 5.88 Å². The van der Waals surface area contributed by atoms with Crippen LogP contribution in [-0.4, -0.2) is 21.8 Å². The van der Waals surface area contributed by atoms with E-state index in [1.54, 1.807) is 35.9 Å². The van der Waals surface area contributed by atoms with Crippen LogP contribution in [0.15, 0.2) is 59.6 Å². The summed E-state index contributed by atoms with van der Waals surface area (Å²) in [6, 6.07) is 16.4. The fourth-order valence-electron chi connectivity index (χ4n) is 2.31. The fraction of sp³-hybridized carbons (Fsp3) is 0.0588. The van der Waals surface area contributed by atoms with Gasteiger partial charge in [0.1, 0.15) is 0 Å². The summed E-state index contributed by atoms with van der Waals surface area (Å²) < 4.78 is 1.67. The van der Waals surface area contributed by atoms with Gasteiger partial charge in [-0.1, -0.05) is 36.4 Å². The van der Waals surface area contributed by atoms with E-state index in [4.69, 9.17) is 0 Å². The number of aromatic hydroxyl groups is 1. The molecule has 0 saturated heterocycles.